The predicted molar refractivity (Wildman–Crippen MR) is 104 cm³/mol. The van der Waals surface area contributed by atoms with Gasteiger partial charge in [0.1, 0.15) is 11.4 Å². The summed E-state index contributed by atoms with van der Waals surface area (Å²) in [5, 5.41) is 24.9. The Hall–Kier alpha value is -2.39. The molecule has 0 aliphatic carbocycles. The van der Waals surface area contributed by atoms with Crippen molar-refractivity contribution in [2.45, 2.75) is 25.1 Å². The van der Waals surface area contributed by atoms with E-state index in [0.29, 0.717) is 11.5 Å². The highest BCUT2D eigenvalue weighted by Gasteiger charge is 2.31. The van der Waals surface area contributed by atoms with Crippen LogP contribution < -0.4 is 5.32 Å². The largest absolute Gasteiger partial charge is 0.507 e. The standard InChI is InChI=1S/C19H19F3N4OS/c1-26-7-2-3-12(10-26)23-18-14-6-8-28-17(14)16(24-25-18)13-5-4-11(9-15(13)27)19(20,21)22/h4-6,8-9,12,27H,2-3,7,10H2,1H3,(H,23,25)/t12-/m1/s1. The number of piperidine rings is 1. The van der Waals surface area contributed by atoms with Crippen LogP contribution in [0, 0.1) is 0 Å². The Morgan fingerprint density at radius 3 is 2.79 bits per heavy atom. The lowest BCUT2D eigenvalue weighted by Crippen LogP contribution is -2.39. The van der Waals surface area contributed by atoms with Crippen molar-refractivity contribution in [1.82, 2.24) is 15.1 Å². The SMILES string of the molecule is CN1CCC[C@@H](Nc2nnc(-c3ccc(C(F)(F)F)cc3O)c3sccc23)C1. The number of likely N-dealkylation sites (N-methyl/N-ethyl adjacent to an activating group) is 1. The minimum atomic E-state index is -4.51. The van der Waals surface area contributed by atoms with Crippen LogP contribution in [0.3, 0.4) is 0 Å². The summed E-state index contributed by atoms with van der Waals surface area (Å²) in [6.45, 7) is 1.98. The van der Waals surface area contributed by atoms with Gasteiger partial charge in [-0.15, -0.1) is 21.5 Å². The molecule has 5 nitrogen and oxygen atoms in total. The summed E-state index contributed by atoms with van der Waals surface area (Å²) in [5.74, 6) is 0.195. The van der Waals surface area contributed by atoms with E-state index in [1.54, 1.807) is 0 Å². The third kappa shape index (κ3) is 3.64. The summed E-state index contributed by atoms with van der Waals surface area (Å²) in [6, 6.07) is 5.08. The number of rotatable bonds is 3. The van der Waals surface area contributed by atoms with Crippen molar-refractivity contribution < 1.29 is 18.3 Å². The molecule has 1 aromatic carbocycles. The fourth-order valence-corrected chi connectivity index (χ4v) is 4.44. The highest BCUT2D eigenvalue weighted by molar-refractivity contribution is 7.17. The molecule has 28 heavy (non-hydrogen) atoms. The van der Waals surface area contributed by atoms with Gasteiger partial charge >= 0.3 is 6.18 Å². The number of aromatic nitrogens is 2. The van der Waals surface area contributed by atoms with E-state index in [2.05, 4.69) is 27.5 Å². The van der Waals surface area contributed by atoms with Gasteiger partial charge in [-0.25, -0.2) is 0 Å². The molecular weight excluding hydrogens is 389 g/mol. The van der Waals surface area contributed by atoms with Crippen LogP contribution in [0.25, 0.3) is 21.3 Å². The monoisotopic (exact) mass is 408 g/mol. The lowest BCUT2D eigenvalue weighted by molar-refractivity contribution is -0.137. The van der Waals surface area contributed by atoms with E-state index in [-0.39, 0.29) is 11.6 Å². The van der Waals surface area contributed by atoms with Crippen molar-refractivity contribution in [3.8, 4) is 17.0 Å². The van der Waals surface area contributed by atoms with E-state index in [1.165, 1.54) is 17.4 Å². The van der Waals surface area contributed by atoms with Crippen LogP contribution in [0.1, 0.15) is 18.4 Å². The molecule has 1 aliphatic rings. The molecule has 0 radical (unpaired) electrons. The maximum Gasteiger partial charge on any atom is 0.416 e. The van der Waals surface area contributed by atoms with E-state index >= 15 is 0 Å². The van der Waals surface area contributed by atoms with Gasteiger partial charge in [-0.05, 0) is 56.1 Å². The number of hydrogen-bond acceptors (Lipinski definition) is 6. The summed E-state index contributed by atoms with van der Waals surface area (Å²) in [4.78, 5) is 2.26. The molecule has 1 aliphatic heterocycles. The first kappa shape index (κ1) is 18.9. The maximum absolute atomic E-state index is 12.9. The fraction of sp³-hybridized carbons (Fsp3) is 0.368. The van der Waals surface area contributed by atoms with Gasteiger partial charge in [0.25, 0.3) is 0 Å². The molecule has 2 aromatic heterocycles. The van der Waals surface area contributed by atoms with Gasteiger partial charge in [-0.2, -0.15) is 13.2 Å². The Labute approximate surface area is 163 Å². The maximum atomic E-state index is 12.9. The molecule has 0 unspecified atom stereocenters. The third-order valence-corrected chi connectivity index (χ3v) is 5.85. The van der Waals surface area contributed by atoms with E-state index in [1.807, 2.05) is 11.4 Å². The number of aromatic hydroxyl groups is 1. The van der Waals surface area contributed by atoms with Crippen LogP contribution in [-0.4, -0.2) is 46.4 Å². The van der Waals surface area contributed by atoms with Crippen molar-refractivity contribution in [1.29, 1.82) is 0 Å². The van der Waals surface area contributed by atoms with Crippen molar-refractivity contribution in [3.63, 3.8) is 0 Å². The molecule has 1 fully saturated rings. The first-order valence-electron chi connectivity index (χ1n) is 8.92. The quantitative estimate of drug-likeness (QED) is 0.664. The van der Waals surface area contributed by atoms with Crippen molar-refractivity contribution in [3.05, 3.63) is 35.2 Å². The predicted octanol–water partition coefficient (Wildman–Crippen LogP) is 4.59. The highest BCUT2D eigenvalue weighted by atomic mass is 32.1. The van der Waals surface area contributed by atoms with Crippen molar-refractivity contribution >= 4 is 27.2 Å². The van der Waals surface area contributed by atoms with Crippen LogP contribution in [0.2, 0.25) is 0 Å². The third-order valence-electron chi connectivity index (χ3n) is 4.93. The average Bonchev–Trinajstić information content (AvgIpc) is 3.12. The molecule has 4 rings (SSSR count). The highest BCUT2D eigenvalue weighted by Crippen LogP contribution is 2.40. The number of benzene rings is 1. The van der Waals surface area contributed by atoms with E-state index < -0.39 is 17.5 Å². The normalized spacial score (nSPS) is 18.5. The number of thiophene rings is 1. The molecule has 0 spiro atoms. The summed E-state index contributed by atoms with van der Waals surface area (Å²) < 4.78 is 39.4. The number of fused-ring (bicyclic) bond motifs is 1. The van der Waals surface area contributed by atoms with E-state index in [0.717, 1.165) is 48.2 Å². The molecule has 3 heterocycles. The number of phenolic OH excluding ortho intramolecular Hbond substituents is 1. The molecule has 1 atom stereocenters. The fourth-order valence-electron chi connectivity index (χ4n) is 3.55. The Morgan fingerprint density at radius 1 is 1.25 bits per heavy atom. The Bertz CT molecular complexity index is 1000. The molecule has 0 saturated carbocycles. The summed E-state index contributed by atoms with van der Waals surface area (Å²) in [5.41, 5.74) is -0.289. The zero-order valence-electron chi connectivity index (χ0n) is 15.1. The molecule has 148 valence electrons. The van der Waals surface area contributed by atoms with Gasteiger partial charge in [0.05, 0.1) is 10.3 Å². The molecule has 1 saturated heterocycles. The lowest BCUT2D eigenvalue weighted by Gasteiger charge is -2.30. The lowest BCUT2D eigenvalue weighted by atomic mass is 10.1. The number of likely N-dealkylation sites (tertiary alicyclic amines) is 1. The zero-order chi connectivity index (χ0) is 19.9. The number of anilines is 1. The second-order valence-electron chi connectivity index (χ2n) is 7.04. The minimum Gasteiger partial charge on any atom is -0.507 e. The van der Waals surface area contributed by atoms with Crippen LogP contribution in [-0.2, 0) is 6.18 Å². The average molecular weight is 408 g/mol. The number of nitrogens with one attached hydrogen (secondary N) is 1. The van der Waals surface area contributed by atoms with E-state index in [9.17, 15) is 18.3 Å². The van der Waals surface area contributed by atoms with Gasteiger partial charge in [-0.1, -0.05) is 0 Å². The number of nitrogens with zero attached hydrogens (tertiary/aromatic N) is 3. The minimum absolute atomic E-state index is 0.233. The first-order valence-corrected chi connectivity index (χ1v) is 9.80. The molecule has 2 N–H and O–H groups in total. The second kappa shape index (κ2) is 7.21. The smallest absolute Gasteiger partial charge is 0.416 e. The first-order chi connectivity index (χ1) is 13.3. The van der Waals surface area contributed by atoms with Gasteiger partial charge in [-0.3, -0.25) is 0 Å². The molecule has 9 heteroatoms. The number of hydrogen-bond donors (Lipinski definition) is 2. The second-order valence-corrected chi connectivity index (χ2v) is 7.95. The number of alkyl halides is 3. The van der Waals surface area contributed by atoms with Crippen LogP contribution in [0.5, 0.6) is 5.75 Å². The van der Waals surface area contributed by atoms with Gasteiger partial charge in [0.15, 0.2) is 5.82 Å². The molecule has 0 bridgehead atoms. The Morgan fingerprint density at radius 2 is 2.07 bits per heavy atom. The topological polar surface area (TPSA) is 61.3 Å². The summed E-state index contributed by atoms with van der Waals surface area (Å²) in [7, 11) is 2.08. The zero-order valence-corrected chi connectivity index (χ0v) is 15.9. The van der Waals surface area contributed by atoms with Gasteiger partial charge < -0.3 is 15.3 Å². The Kier molecular flexibility index (Phi) is 4.88. The van der Waals surface area contributed by atoms with Gasteiger partial charge in [0, 0.05) is 23.5 Å². The van der Waals surface area contributed by atoms with Crippen molar-refractivity contribution in [2.24, 2.45) is 0 Å². The van der Waals surface area contributed by atoms with Crippen LogP contribution in [0.4, 0.5) is 19.0 Å². The number of halogens is 3. The summed E-state index contributed by atoms with van der Waals surface area (Å²) in [6.07, 6.45) is -2.37. The van der Waals surface area contributed by atoms with Crippen LogP contribution in [0.15, 0.2) is 29.6 Å². The molecule has 0 amide bonds. The number of phenols is 1. The van der Waals surface area contributed by atoms with Crippen molar-refractivity contribution in [2.75, 3.05) is 25.5 Å². The molecule has 3 aromatic rings. The van der Waals surface area contributed by atoms with Crippen LogP contribution >= 0.6 is 11.3 Å². The van der Waals surface area contributed by atoms with E-state index in [4.69, 9.17) is 0 Å². The summed E-state index contributed by atoms with van der Waals surface area (Å²) >= 11 is 1.42. The molecular formula is C19H19F3N4OS. The Balaban J connectivity index is 1.70. The van der Waals surface area contributed by atoms with Gasteiger partial charge in [0.2, 0.25) is 0 Å².